The first-order chi connectivity index (χ1) is 12.7. The minimum atomic E-state index is 0. The van der Waals surface area contributed by atoms with E-state index < -0.39 is 0 Å². The maximum absolute atomic E-state index is 4.42. The molecule has 1 heterocycles. The van der Waals surface area contributed by atoms with Crippen molar-refractivity contribution in [2.75, 3.05) is 26.7 Å². The van der Waals surface area contributed by atoms with Gasteiger partial charge in [0.05, 0.1) is 0 Å². The van der Waals surface area contributed by atoms with Crippen molar-refractivity contribution in [1.82, 2.24) is 15.5 Å². The molecule has 0 radical (unpaired) electrons. The lowest BCUT2D eigenvalue weighted by molar-refractivity contribution is 0.119. The Morgan fingerprint density at radius 1 is 1.04 bits per heavy atom. The molecular formula is C22H37IN4. The highest BCUT2D eigenvalue weighted by Crippen LogP contribution is 2.25. The van der Waals surface area contributed by atoms with E-state index in [0.717, 1.165) is 25.0 Å². The molecule has 0 amide bonds. The molecular weight excluding hydrogens is 447 g/mol. The first kappa shape index (κ1) is 22.5. The lowest BCUT2D eigenvalue weighted by Gasteiger charge is -2.39. The predicted octanol–water partition coefficient (Wildman–Crippen LogP) is 4.12. The number of nitrogens with zero attached hydrogens (tertiary/aromatic N) is 2. The number of nitrogens with one attached hydrogen (secondary N) is 2. The van der Waals surface area contributed by atoms with Gasteiger partial charge in [0.1, 0.15) is 0 Å². The highest BCUT2D eigenvalue weighted by Gasteiger charge is 2.26. The summed E-state index contributed by atoms with van der Waals surface area (Å²) in [7, 11) is 1.87. The molecule has 1 aliphatic heterocycles. The molecule has 2 aliphatic rings. The minimum absolute atomic E-state index is 0. The Bertz CT molecular complexity index is 558. The van der Waals surface area contributed by atoms with Crippen LogP contribution in [0.2, 0.25) is 0 Å². The Morgan fingerprint density at radius 3 is 2.33 bits per heavy atom. The lowest BCUT2D eigenvalue weighted by atomic mass is 9.92. The van der Waals surface area contributed by atoms with Gasteiger partial charge in [-0.05, 0) is 44.6 Å². The third-order valence-electron chi connectivity index (χ3n) is 6.01. The van der Waals surface area contributed by atoms with E-state index in [4.69, 9.17) is 0 Å². The van der Waals surface area contributed by atoms with E-state index in [1.807, 2.05) is 7.05 Å². The van der Waals surface area contributed by atoms with Crippen molar-refractivity contribution in [3.05, 3.63) is 35.4 Å². The van der Waals surface area contributed by atoms with Crippen LogP contribution in [-0.4, -0.2) is 49.6 Å². The van der Waals surface area contributed by atoms with Crippen molar-refractivity contribution in [2.24, 2.45) is 4.99 Å². The van der Waals surface area contributed by atoms with E-state index >= 15 is 0 Å². The summed E-state index contributed by atoms with van der Waals surface area (Å²) in [5.41, 5.74) is 2.69. The monoisotopic (exact) mass is 484 g/mol. The molecule has 1 saturated heterocycles. The van der Waals surface area contributed by atoms with Crippen LogP contribution in [0.15, 0.2) is 29.3 Å². The first-order valence-corrected chi connectivity index (χ1v) is 10.5. The summed E-state index contributed by atoms with van der Waals surface area (Å²) in [4.78, 5) is 7.16. The highest BCUT2D eigenvalue weighted by molar-refractivity contribution is 14.0. The summed E-state index contributed by atoms with van der Waals surface area (Å²) >= 11 is 0. The van der Waals surface area contributed by atoms with E-state index in [1.54, 1.807) is 0 Å². The van der Waals surface area contributed by atoms with Crippen LogP contribution in [0.3, 0.4) is 0 Å². The maximum atomic E-state index is 4.42. The number of hydrogen-bond donors (Lipinski definition) is 2. The Labute approximate surface area is 182 Å². The summed E-state index contributed by atoms with van der Waals surface area (Å²) < 4.78 is 0. The van der Waals surface area contributed by atoms with E-state index in [-0.39, 0.29) is 24.0 Å². The van der Waals surface area contributed by atoms with Crippen molar-refractivity contribution >= 4 is 29.9 Å². The van der Waals surface area contributed by atoms with Crippen LogP contribution < -0.4 is 10.6 Å². The third kappa shape index (κ3) is 7.26. The average molecular weight is 484 g/mol. The fourth-order valence-corrected chi connectivity index (χ4v) is 4.32. The molecule has 0 atom stereocenters. The minimum Gasteiger partial charge on any atom is -0.356 e. The second kappa shape index (κ2) is 11.9. The van der Waals surface area contributed by atoms with Gasteiger partial charge in [-0.1, -0.05) is 49.1 Å². The number of benzene rings is 1. The Balaban J connectivity index is 0.00000261. The lowest BCUT2D eigenvalue weighted by Crippen LogP contribution is -2.51. The van der Waals surface area contributed by atoms with Gasteiger partial charge in [0, 0.05) is 38.8 Å². The van der Waals surface area contributed by atoms with Crippen molar-refractivity contribution < 1.29 is 0 Å². The van der Waals surface area contributed by atoms with E-state index in [9.17, 15) is 0 Å². The number of piperidine rings is 1. The van der Waals surface area contributed by atoms with Gasteiger partial charge in [0.2, 0.25) is 0 Å². The van der Waals surface area contributed by atoms with Crippen molar-refractivity contribution in [3.8, 4) is 0 Å². The zero-order valence-corrected chi connectivity index (χ0v) is 19.4. The molecule has 2 N–H and O–H groups in total. The number of halogens is 1. The molecule has 0 spiro atoms. The maximum Gasteiger partial charge on any atom is 0.191 e. The first-order valence-electron chi connectivity index (χ1n) is 10.5. The molecule has 0 aromatic heterocycles. The smallest absolute Gasteiger partial charge is 0.191 e. The van der Waals surface area contributed by atoms with Crippen molar-refractivity contribution in [2.45, 2.75) is 70.4 Å². The number of rotatable bonds is 5. The van der Waals surface area contributed by atoms with Gasteiger partial charge < -0.3 is 15.5 Å². The molecule has 1 saturated carbocycles. The van der Waals surface area contributed by atoms with Gasteiger partial charge in [0.25, 0.3) is 0 Å². The van der Waals surface area contributed by atoms with Crippen LogP contribution in [0.25, 0.3) is 0 Å². The summed E-state index contributed by atoms with van der Waals surface area (Å²) in [5, 5.41) is 7.12. The van der Waals surface area contributed by atoms with Gasteiger partial charge in [-0.2, -0.15) is 0 Å². The van der Waals surface area contributed by atoms with Crippen LogP contribution in [0.5, 0.6) is 0 Å². The van der Waals surface area contributed by atoms with Crippen LogP contribution in [0.1, 0.15) is 56.1 Å². The Hall–Kier alpha value is -0.820. The molecule has 0 unspecified atom stereocenters. The Morgan fingerprint density at radius 2 is 1.70 bits per heavy atom. The molecule has 3 rings (SSSR count). The number of guanidine groups is 1. The molecule has 1 aliphatic carbocycles. The summed E-state index contributed by atoms with van der Waals surface area (Å²) in [5.74, 6) is 0.952. The number of hydrogen-bond acceptors (Lipinski definition) is 2. The molecule has 0 bridgehead atoms. The molecule has 27 heavy (non-hydrogen) atoms. The van der Waals surface area contributed by atoms with Gasteiger partial charge >= 0.3 is 0 Å². The van der Waals surface area contributed by atoms with Gasteiger partial charge in [-0.3, -0.25) is 4.99 Å². The number of aliphatic imine (C=N–C) groups is 1. The molecule has 1 aromatic rings. The quantitative estimate of drug-likeness (QED) is 0.375. The summed E-state index contributed by atoms with van der Waals surface area (Å²) in [6, 6.07) is 10.2. The molecule has 1 aromatic carbocycles. The zero-order valence-electron chi connectivity index (χ0n) is 17.0. The second-order valence-corrected chi connectivity index (χ2v) is 7.98. The summed E-state index contributed by atoms with van der Waals surface area (Å²) in [6.07, 6.45) is 10.6. The molecule has 5 heteroatoms. The fraction of sp³-hybridized carbons (Fsp3) is 0.682. The van der Waals surface area contributed by atoms with Gasteiger partial charge in [-0.15, -0.1) is 24.0 Å². The number of likely N-dealkylation sites (tertiary alicyclic amines) is 1. The fourth-order valence-electron chi connectivity index (χ4n) is 4.32. The average Bonchev–Trinajstić information content (AvgIpc) is 2.70. The second-order valence-electron chi connectivity index (χ2n) is 7.98. The van der Waals surface area contributed by atoms with Crippen molar-refractivity contribution in [1.29, 1.82) is 0 Å². The van der Waals surface area contributed by atoms with Crippen LogP contribution in [0, 0.1) is 6.92 Å². The largest absolute Gasteiger partial charge is 0.356 e. The van der Waals surface area contributed by atoms with Crippen LogP contribution >= 0.6 is 24.0 Å². The molecule has 152 valence electrons. The summed E-state index contributed by atoms with van der Waals surface area (Å²) in [6.45, 7) is 5.53. The van der Waals surface area contributed by atoms with Crippen LogP contribution in [-0.2, 0) is 6.42 Å². The van der Waals surface area contributed by atoms with Crippen LogP contribution in [0.4, 0.5) is 0 Å². The van der Waals surface area contributed by atoms with E-state index in [1.165, 1.54) is 69.2 Å². The molecule has 4 nitrogen and oxygen atoms in total. The van der Waals surface area contributed by atoms with E-state index in [0.29, 0.717) is 6.04 Å². The molecule has 2 fully saturated rings. The van der Waals surface area contributed by atoms with Crippen molar-refractivity contribution in [3.63, 3.8) is 0 Å². The van der Waals surface area contributed by atoms with Gasteiger partial charge in [0.15, 0.2) is 5.96 Å². The SMILES string of the molecule is CN=C(NCCc1ccc(C)cc1)NC1CCN(C2CCCCC2)CC1.I. The topological polar surface area (TPSA) is 39.7 Å². The highest BCUT2D eigenvalue weighted by atomic mass is 127. The zero-order chi connectivity index (χ0) is 18.2. The van der Waals surface area contributed by atoms with Gasteiger partial charge in [-0.25, -0.2) is 0 Å². The third-order valence-corrected chi connectivity index (χ3v) is 6.01. The van der Waals surface area contributed by atoms with E-state index in [2.05, 4.69) is 51.7 Å². The standard InChI is InChI=1S/C22H36N4.HI/c1-18-8-10-19(11-9-18)12-15-24-22(23-2)25-20-13-16-26(17-14-20)21-6-4-3-5-7-21;/h8-11,20-21H,3-7,12-17H2,1-2H3,(H2,23,24,25);1H. The number of aryl methyl sites for hydroxylation is 1. The Kier molecular flexibility index (Phi) is 9.90. The predicted molar refractivity (Wildman–Crippen MR) is 126 cm³/mol. The normalized spacial score (nSPS) is 20.1.